The van der Waals surface area contributed by atoms with E-state index in [-0.39, 0.29) is 51.0 Å². The predicted molar refractivity (Wildman–Crippen MR) is 191 cm³/mol. The number of benzene rings is 1. The summed E-state index contributed by atoms with van der Waals surface area (Å²) in [5.41, 5.74) is 6.30. The van der Waals surface area contributed by atoms with Crippen LogP contribution in [0.1, 0.15) is 65.9 Å². The first-order valence-electron chi connectivity index (χ1n) is 17.4. The van der Waals surface area contributed by atoms with Crippen LogP contribution in [-0.4, -0.2) is 106 Å². The molecule has 1 rings (SSSR count). The van der Waals surface area contributed by atoms with Crippen LogP contribution in [0.4, 0.5) is 15.3 Å². The average molecular weight is 723 g/mol. The molecule has 0 radical (unpaired) electrons. The summed E-state index contributed by atoms with van der Waals surface area (Å²) < 4.78 is 16.0. The molecule has 17 nitrogen and oxygen atoms in total. The summed E-state index contributed by atoms with van der Waals surface area (Å²) in [4.78, 5) is 73.6. The molecule has 0 saturated heterocycles. The number of hydrogen-bond donors (Lipinski definition) is 8. The summed E-state index contributed by atoms with van der Waals surface area (Å²) in [5, 5.41) is 19.3. The Morgan fingerprint density at radius 2 is 1.43 bits per heavy atom. The largest absolute Gasteiger partial charge is 0.445 e. The highest BCUT2D eigenvalue weighted by Gasteiger charge is 2.28. The molecule has 9 N–H and O–H groups in total. The minimum Gasteiger partial charge on any atom is -0.445 e. The van der Waals surface area contributed by atoms with Crippen LogP contribution in [0.15, 0.2) is 24.3 Å². The molecule has 1 aromatic rings. The standard InChI is InChI=1S/C34H58N8O9/c1-6-28(43)37-17-19-50-21-20-49-18-13-29(44)42-30(23(2)3)32(46)41-27(8-7-14-38-33(35)47)31(45)40-26-11-9-25(10-12-26)22-51-34(48)39-16-15-36-24(4)5/h9-12,23-24,27,30,36H,6-8,13-22H2,1-5H3,(H,37,43)(H,39,48)(H,40,45)(H,41,46)(H,42,44)(H3,35,38,47)/t27-,30-/m0/s1. The Morgan fingerprint density at radius 1 is 0.745 bits per heavy atom. The van der Waals surface area contributed by atoms with Gasteiger partial charge in [-0.25, -0.2) is 9.59 Å². The van der Waals surface area contributed by atoms with Crippen molar-refractivity contribution in [1.29, 1.82) is 0 Å². The summed E-state index contributed by atoms with van der Waals surface area (Å²) in [6, 6.07) is 4.36. The van der Waals surface area contributed by atoms with Gasteiger partial charge in [0.2, 0.25) is 23.6 Å². The molecule has 2 atom stereocenters. The van der Waals surface area contributed by atoms with E-state index in [1.54, 1.807) is 45.0 Å². The Bertz CT molecular complexity index is 1210. The first-order chi connectivity index (χ1) is 24.3. The molecule has 1 aromatic carbocycles. The van der Waals surface area contributed by atoms with Crippen LogP contribution in [0.2, 0.25) is 0 Å². The summed E-state index contributed by atoms with van der Waals surface area (Å²) in [7, 11) is 0. The molecule has 0 saturated carbocycles. The molecular weight excluding hydrogens is 664 g/mol. The minimum atomic E-state index is -0.999. The number of urea groups is 1. The highest BCUT2D eigenvalue weighted by molar-refractivity contribution is 5.98. The molecule has 0 heterocycles. The van der Waals surface area contributed by atoms with Crippen molar-refractivity contribution >= 4 is 41.4 Å². The molecule has 0 aliphatic rings. The molecule has 7 amide bonds. The van der Waals surface area contributed by atoms with Crippen LogP contribution >= 0.6 is 0 Å². The number of carbonyl (C=O) groups excluding carboxylic acids is 6. The van der Waals surface area contributed by atoms with Crippen molar-refractivity contribution in [2.24, 2.45) is 11.7 Å². The smallest absolute Gasteiger partial charge is 0.407 e. The van der Waals surface area contributed by atoms with E-state index in [0.29, 0.717) is 63.0 Å². The van der Waals surface area contributed by atoms with Crippen molar-refractivity contribution in [1.82, 2.24) is 31.9 Å². The zero-order valence-electron chi connectivity index (χ0n) is 30.6. The van der Waals surface area contributed by atoms with Gasteiger partial charge in [0.05, 0.1) is 26.4 Å². The molecule has 0 aliphatic heterocycles. The lowest BCUT2D eigenvalue weighted by molar-refractivity contribution is -0.132. The second kappa shape index (κ2) is 26.3. The van der Waals surface area contributed by atoms with Gasteiger partial charge in [0.15, 0.2) is 0 Å². The topological polar surface area (TPSA) is 240 Å². The fourth-order valence-electron chi connectivity index (χ4n) is 4.34. The maximum atomic E-state index is 13.4. The van der Waals surface area contributed by atoms with Gasteiger partial charge in [-0.1, -0.05) is 46.8 Å². The van der Waals surface area contributed by atoms with E-state index in [0.717, 1.165) is 0 Å². The summed E-state index contributed by atoms with van der Waals surface area (Å²) in [6.45, 7) is 12.0. The van der Waals surface area contributed by atoms with E-state index in [2.05, 4.69) is 37.2 Å². The van der Waals surface area contributed by atoms with E-state index in [4.69, 9.17) is 19.9 Å². The zero-order valence-corrected chi connectivity index (χ0v) is 30.6. The third-order valence-electron chi connectivity index (χ3n) is 7.14. The van der Waals surface area contributed by atoms with Gasteiger partial charge < -0.3 is 57.2 Å². The van der Waals surface area contributed by atoms with E-state index in [9.17, 15) is 28.8 Å². The van der Waals surface area contributed by atoms with Crippen LogP contribution in [0, 0.1) is 5.92 Å². The number of nitrogens with one attached hydrogen (secondary N) is 7. The van der Waals surface area contributed by atoms with E-state index < -0.39 is 41.9 Å². The maximum absolute atomic E-state index is 13.4. The predicted octanol–water partition coefficient (Wildman–Crippen LogP) is 0.873. The Kier molecular flexibility index (Phi) is 23.0. The second-order valence-corrected chi connectivity index (χ2v) is 12.3. The molecule has 0 bridgehead atoms. The number of anilines is 1. The normalized spacial score (nSPS) is 12.1. The van der Waals surface area contributed by atoms with Crippen molar-refractivity contribution in [2.75, 3.05) is 57.9 Å². The number of ether oxygens (including phenoxy) is 3. The molecule has 0 aromatic heterocycles. The average Bonchev–Trinajstić information content (AvgIpc) is 3.08. The van der Waals surface area contributed by atoms with Gasteiger partial charge in [0, 0.05) is 50.7 Å². The number of alkyl carbamates (subject to hydrolysis) is 1. The van der Waals surface area contributed by atoms with Crippen LogP contribution < -0.4 is 43.0 Å². The molecule has 51 heavy (non-hydrogen) atoms. The van der Waals surface area contributed by atoms with Crippen molar-refractivity contribution in [3.8, 4) is 0 Å². The third-order valence-corrected chi connectivity index (χ3v) is 7.14. The summed E-state index contributed by atoms with van der Waals surface area (Å²) >= 11 is 0. The SMILES string of the molecule is CCC(=O)NCCOCCOCCC(=O)N[C@H](C(=O)N[C@@H](CCCNC(N)=O)C(=O)Nc1ccc(COC(=O)NCCNC(C)C)cc1)C(C)C. The number of carbonyl (C=O) groups is 6. The molecule has 0 spiro atoms. The lowest BCUT2D eigenvalue weighted by Gasteiger charge is -2.25. The quantitative estimate of drug-likeness (QED) is 0.0628. The maximum Gasteiger partial charge on any atom is 0.407 e. The van der Waals surface area contributed by atoms with Gasteiger partial charge in [0.1, 0.15) is 18.7 Å². The van der Waals surface area contributed by atoms with E-state index in [1.165, 1.54) is 0 Å². The summed E-state index contributed by atoms with van der Waals surface area (Å²) in [6.07, 6.45) is 0.379. The monoisotopic (exact) mass is 722 g/mol. The molecule has 0 aliphatic carbocycles. The fraction of sp³-hybridized carbons (Fsp3) is 0.647. The van der Waals surface area contributed by atoms with Crippen molar-refractivity contribution in [3.63, 3.8) is 0 Å². The Hall–Kier alpha value is -4.48. The van der Waals surface area contributed by atoms with E-state index >= 15 is 0 Å². The van der Waals surface area contributed by atoms with Gasteiger partial charge >= 0.3 is 12.1 Å². The lowest BCUT2D eigenvalue weighted by atomic mass is 10.0. The van der Waals surface area contributed by atoms with Crippen LogP contribution in [0.25, 0.3) is 0 Å². The number of nitrogens with two attached hydrogens (primary N) is 1. The second-order valence-electron chi connectivity index (χ2n) is 12.3. The van der Waals surface area contributed by atoms with Crippen LogP contribution in [-0.2, 0) is 40.0 Å². The van der Waals surface area contributed by atoms with Crippen LogP contribution in [0.5, 0.6) is 0 Å². The Labute approximate surface area is 300 Å². The third kappa shape index (κ3) is 22.1. The molecule has 0 fully saturated rings. The zero-order chi connectivity index (χ0) is 38.0. The van der Waals surface area contributed by atoms with Gasteiger partial charge in [-0.05, 0) is 36.5 Å². The molecular formula is C34H58N8O9. The number of amides is 7. The van der Waals surface area contributed by atoms with Crippen molar-refractivity contribution in [3.05, 3.63) is 29.8 Å². The molecule has 0 unspecified atom stereocenters. The van der Waals surface area contributed by atoms with Gasteiger partial charge in [0.25, 0.3) is 0 Å². The minimum absolute atomic E-state index is 0.00719. The molecule has 17 heteroatoms. The van der Waals surface area contributed by atoms with E-state index in [1.807, 2.05) is 13.8 Å². The summed E-state index contributed by atoms with van der Waals surface area (Å²) in [5.74, 6) is -1.80. The fourth-order valence-corrected chi connectivity index (χ4v) is 4.34. The van der Waals surface area contributed by atoms with Gasteiger partial charge in [-0.2, -0.15) is 0 Å². The van der Waals surface area contributed by atoms with Gasteiger partial charge in [-0.15, -0.1) is 0 Å². The number of rotatable bonds is 26. The van der Waals surface area contributed by atoms with Gasteiger partial charge in [-0.3, -0.25) is 19.2 Å². The lowest BCUT2D eigenvalue weighted by Crippen LogP contribution is -2.54. The van der Waals surface area contributed by atoms with Crippen molar-refractivity contribution < 1.29 is 43.0 Å². The number of hydrogen-bond acceptors (Lipinski definition) is 10. The highest BCUT2D eigenvalue weighted by atomic mass is 16.5. The highest BCUT2D eigenvalue weighted by Crippen LogP contribution is 2.13. The van der Waals surface area contributed by atoms with Crippen molar-refractivity contribution in [2.45, 2.75) is 85.0 Å². The Balaban J connectivity index is 2.66. The first-order valence-corrected chi connectivity index (χ1v) is 17.4. The number of primary amides is 1. The molecule has 288 valence electrons. The Morgan fingerprint density at radius 3 is 2.06 bits per heavy atom. The van der Waals surface area contributed by atoms with Crippen LogP contribution in [0.3, 0.4) is 0 Å². The first kappa shape index (κ1) is 44.5.